The highest BCUT2D eigenvalue weighted by Crippen LogP contribution is 2.19. The van der Waals surface area contributed by atoms with Crippen LogP contribution in [0.25, 0.3) is 0 Å². The maximum atomic E-state index is 10.7. The Labute approximate surface area is 88.3 Å². The molecule has 14 heavy (non-hydrogen) atoms. The van der Waals surface area contributed by atoms with E-state index < -0.39 is 0 Å². The number of carbonyl (C=O) groups excluding carboxylic acids is 1. The molecule has 1 rings (SSSR count). The molecule has 0 spiro atoms. The van der Waals surface area contributed by atoms with Crippen molar-refractivity contribution in [2.75, 3.05) is 0 Å². The van der Waals surface area contributed by atoms with Crippen LogP contribution in [0.2, 0.25) is 0 Å². The lowest BCUT2D eigenvalue weighted by Gasteiger charge is -2.10. The topological polar surface area (TPSA) is 17.1 Å². The minimum atomic E-state index is 0.245. The van der Waals surface area contributed by atoms with Crippen LogP contribution in [0.15, 0.2) is 0 Å². The maximum absolute atomic E-state index is 10.7. The van der Waals surface area contributed by atoms with E-state index >= 15 is 0 Å². The van der Waals surface area contributed by atoms with E-state index in [2.05, 4.69) is 6.29 Å². The van der Waals surface area contributed by atoms with Gasteiger partial charge in [0.25, 0.3) is 0 Å². The van der Waals surface area contributed by atoms with Gasteiger partial charge < -0.3 is 0 Å². The first-order valence-electron chi connectivity index (χ1n) is 6.31. The first kappa shape index (κ1) is 11.7. The SMILES string of the molecule is O=[C]C1CCCCCCCCCCC1. The number of rotatable bonds is 1. The van der Waals surface area contributed by atoms with Gasteiger partial charge >= 0.3 is 0 Å². The van der Waals surface area contributed by atoms with Gasteiger partial charge in [0, 0.05) is 5.92 Å². The van der Waals surface area contributed by atoms with Crippen molar-refractivity contribution in [1.29, 1.82) is 0 Å². The van der Waals surface area contributed by atoms with Crippen molar-refractivity contribution in [3.8, 4) is 0 Å². The molecular weight excluding hydrogens is 172 g/mol. The van der Waals surface area contributed by atoms with E-state index in [9.17, 15) is 4.79 Å². The summed E-state index contributed by atoms with van der Waals surface area (Å²) >= 11 is 0. The van der Waals surface area contributed by atoms with Gasteiger partial charge in [-0.1, -0.05) is 57.8 Å². The summed E-state index contributed by atoms with van der Waals surface area (Å²) in [4.78, 5) is 10.7. The summed E-state index contributed by atoms with van der Waals surface area (Å²) < 4.78 is 0. The quantitative estimate of drug-likeness (QED) is 0.617. The molecule has 1 radical (unpaired) electrons. The lowest BCUT2D eigenvalue weighted by Crippen LogP contribution is -2.02. The van der Waals surface area contributed by atoms with Crippen molar-refractivity contribution in [2.45, 2.75) is 70.6 Å². The second kappa shape index (κ2) is 8.02. The third-order valence-corrected chi connectivity index (χ3v) is 3.27. The highest BCUT2D eigenvalue weighted by Gasteiger charge is 2.08. The van der Waals surface area contributed by atoms with E-state index in [1.807, 2.05) is 0 Å². The Morgan fingerprint density at radius 2 is 1.00 bits per heavy atom. The third kappa shape index (κ3) is 5.41. The molecule has 81 valence electrons. The highest BCUT2D eigenvalue weighted by atomic mass is 16.1. The molecule has 0 bridgehead atoms. The first-order chi connectivity index (χ1) is 6.93. The molecule has 0 N–H and O–H groups in total. The van der Waals surface area contributed by atoms with Crippen LogP contribution < -0.4 is 0 Å². The third-order valence-electron chi connectivity index (χ3n) is 3.27. The predicted molar refractivity (Wildman–Crippen MR) is 60.0 cm³/mol. The average molecular weight is 195 g/mol. The Bertz CT molecular complexity index is 130. The van der Waals surface area contributed by atoms with Gasteiger partial charge in [-0.25, -0.2) is 0 Å². The fourth-order valence-corrected chi connectivity index (χ4v) is 2.28. The summed E-state index contributed by atoms with van der Waals surface area (Å²) in [6, 6.07) is 0. The first-order valence-corrected chi connectivity index (χ1v) is 6.31. The molecular formula is C13H23O. The van der Waals surface area contributed by atoms with Crippen LogP contribution in [0.1, 0.15) is 70.6 Å². The maximum Gasteiger partial charge on any atom is 0.201 e. The molecule has 1 aliphatic rings. The average Bonchev–Trinajstić information content (AvgIpc) is 2.19. The summed E-state index contributed by atoms with van der Waals surface area (Å²) in [5.41, 5.74) is 0. The van der Waals surface area contributed by atoms with Gasteiger partial charge in [0.2, 0.25) is 6.29 Å². The molecule has 0 unspecified atom stereocenters. The van der Waals surface area contributed by atoms with Gasteiger partial charge in [-0.2, -0.15) is 0 Å². The van der Waals surface area contributed by atoms with E-state index in [0.717, 1.165) is 12.8 Å². The van der Waals surface area contributed by atoms with E-state index in [1.165, 1.54) is 57.8 Å². The predicted octanol–water partition coefficient (Wildman–Crippen LogP) is 4.02. The summed E-state index contributed by atoms with van der Waals surface area (Å²) in [7, 11) is 0. The highest BCUT2D eigenvalue weighted by molar-refractivity contribution is 5.54. The molecule has 0 aromatic heterocycles. The van der Waals surface area contributed by atoms with Gasteiger partial charge in [0.05, 0.1) is 0 Å². The van der Waals surface area contributed by atoms with Crippen molar-refractivity contribution in [1.82, 2.24) is 0 Å². The standard InChI is InChI=1S/C13H23O/c14-12-13-10-8-6-4-2-1-3-5-7-9-11-13/h13H,1-11H2. The Morgan fingerprint density at radius 1 is 0.643 bits per heavy atom. The largest absolute Gasteiger partial charge is 0.291 e. The van der Waals surface area contributed by atoms with Gasteiger partial charge in [0.1, 0.15) is 0 Å². The van der Waals surface area contributed by atoms with Crippen LogP contribution in [-0.2, 0) is 4.79 Å². The van der Waals surface area contributed by atoms with E-state index in [1.54, 1.807) is 0 Å². The van der Waals surface area contributed by atoms with Gasteiger partial charge in [-0.15, -0.1) is 0 Å². The molecule has 1 heteroatoms. The van der Waals surface area contributed by atoms with Gasteiger partial charge in [-0.3, -0.25) is 4.79 Å². The Kier molecular flexibility index (Phi) is 6.73. The zero-order valence-electron chi connectivity index (χ0n) is 9.26. The van der Waals surface area contributed by atoms with Crippen LogP contribution in [0.3, 0.4) is 0 Å². The molecule has 0 saturated heterocycles. The van der Waals surface area contributed by atoms with Crippen molar-refractivity contribution in [2.24, 2.45) is 5.92 Å². The van der Waals surface area contributed by atoms with Crippen molar-refractivity contribution in [3.05, 3.63) is 0 Å². The lowest BCUT2D eigenvalue weighted by atomic mass is 9.94. The van der Waals surface area contributed by atoms with Crippen molar-refractivity contribution >= 4 is 6.29 Å². The number of hydrogen-bond donors (Lipinski definition) is 0. The van der Waals surface area contributed by atoms with Crippen LogP contribution in [0.4, 0.5) is 0 Å². The van der Waals surface area contributed by atoms with Crippen LogP contribution in [0.5, 0.6) is 0 Å². The Balaban J connectivity index is 2.20. The zero-order valence-corrected chi connectivity index (χ0v) is 9.26. The zero-order chi connectivity index (χ0) is 10.1. The fraction of sp³-hybridized carbons (Fsp3) is 0.923. The van der Waals surface area contributed by atoms with Crippen LogP contribution in [0, 0.1) is 5.92 Å². The van der Waals surface area contributed by atoms with Crippen molar-refractivity contribution in [3.63, 3.8) is 0 Å². The molecule has 0 aromatic carbocycles. The Hall–Kier alpha value is -0.330. The van der Waals surface area contributed by atoms with Gasteiger partial charge in [-0.05, 0) is 12.8 Å². The second-order valence-corrected chi connectivity index (χ2v) is 4.57. The van der Waals surface area contributed by atoms with Crippen molar-refractivity contribution < 1.29 is 4.79 Å². The molecule has 1 aliphatic carbocycles. The molecule has 1 fully saturated rings. The smallest absolute Gasteiger partial charge is 0.201 e. The molecule has 0 aromatic rings. The summed E-state index contributed by atoms with van der Waals surface area (Å²) in [5, 5.41) is 0. The molecule has 0 amide bonds. The fourth-order valence-electron chi connectivity index (χ4n) is 2.28. The van der Waals surface area contributed by atoms with E-state index in [0.29, 0.717) is 0 Å². The van der Waals surface area contributed by atoms with Crippen LogP contribution >= 0.6 is 0 Å². The lowest BCUT2D eigenvalue weighted by molar-refractivity contribution is 0.440. The molecule has 0 atom stereocenters. The minimum Gasteiger partial charge on any atom is -0.291 e. The monoisotopic (exact) mass is 195 g/mol. The molecule has 1 saturated carbocycles. The number of hydrogen-bond acceptors (Lipinski definition) is 1. The second-order valence-electron chi connectivity index (χ2n) is 4.57. The summed E-state index contributed by atoms with van der Waals surface area (Å²) in [5.74, 6) is 0.245. The van der Waals surface area contributed by atoms with E-state index in [-0.39, 0.29) is 5.92 Å². The van der Waals surface area contributed by atoms with E-state index in [4.69, 9.17) is 0 Å². The molecule has 0 heterocycles. The Morgan fingerprint density at radius 3 is 1.36 bits per heavy atom. The molecule has 0 aliphatic heterocycles. The summed E-state index contributed by atoms with van der Waals surface area (Å²) in [6.07, 6.45) is 16.4. The van der Waals surface area contributed by atoms with Gasteiger partial charge in [0.15, 0.2) is 0 Å². The van der Waals surface area contributed by atoms with Crippen LogP contribution in [-0.4, -0.2) is 6.29 Å². The minimum absolute atomic E-state index is 0.245. The molecule has 1 nitrogen and oxygen atoms in total. The summed E-state index contributed by atoms with van der Waals surface area (Å²) in [6.45, 7) is 0. The normalized spacial score (nSPS) is 23.4.